The second-order valence-electron chi connectivity index (χ2n) is 12.6. The molecule has 2 atom stereocenters. The molecule has 0 fully saturated rings. The minimum absolute atomic E-state index is 0.0562. The molecule has 0 aromatic heterocycles. The second kappa shape index (κ2) is 21.8. The van der Waals surface area contributed by atoms with Crippen molar-refractivity contribution in [3.8, 4) is 23.0 Å². The molecule has 4 aromatic carbocycles. The van der Waals surface area contributed by atoms with Crippen LogP contribution in [0.1, 0.15) is 54.3 Å². The summed E-state index contributed by atoms with van der Waals surface area (Å²) in [4.78, 5) is 106. The number of nitrogens with one attached hydrogen (secondary N) is 2. The maximum Gasteiger partial charge on any atom is 0.343 e. The number of hydrogen-bond donors (Lipinski definition) is 9. The van der Waals surface area contributed by atoms with Gasteiger partial charge in [-0.05, 0) is 72.8 Å². The van der Waals surface area contributed by atoms with Crippen LogP contribution in [0.4, 0.5) is 11.4 Å². The molecule has 0 aliphatic rings. The Morgan fingerprint density at radius 3 is 1.33 bits per heavy atom. The molecule has 0 spiro atoms. The average molecular weight is 872 g/mol. The van der Waals surface area contributed by atoms with Crippen LogP contribution in [0, 0.1) is 0 Å². The summed E-state index contributed by atoms with van der Waals surface area (Å²) in [5, 5.41) is 41.4. The van der Waals surface area contributed by atoms with Gasteiger partial charge in [0.15, 0.2) is 5.96 Å². The second-order valence-corrected chi connectivity index (χ2v) is 12.6. The van der Waals surface area contributed by atoms with E-state index in [9.17, 15) is 48.6 Å². The first-order valence-electron chi connectivity index (χ1n) is 18.0. The van der Waals surface area contributed by atoms with Crippen molar-refractivity contribution >= 4 is 71.3 Å². The number of esters is 2. The van der Waals surface area contributed by atoms with E-state index >= 15 is 0 Å². The maximum absolute atomic E-state index is 13.3. The van der Waals surface area contributed by atoms with Crippen molar-refractivity contribution < 1.29 is 77.7 Å². The molecule has 0 unspecified atom stereocenters. The van der Waals surface area contributed by atoms with Gasteiger partial charge < -0.3 is 67.2 Å². The lowest BCUT2D eigenvalue weighted by molar-refractivity contribution is -0.145. The van der Waals surface area contributed by atoms with Gasteiger partial charge in [0.25, 0.3) is 11.8 Å². The van der Waals surface area contributed by atoms with Crippen LogP contribution < -0.4 is 46.8 Å². The van der Waals surface area contributed by atoms with Gasteiger partial charge in [-0.25, -0.2) is 29.2 Å². The van der Waals surface area contributed by atoms with Crippen molar-refractivity contribution in [3.63, 3.8) is 0 Å². The van der Waals surface area contributed by atoms with Crippen molar-refractivity contribution in [1.82, 2.24) is 10.6 Å². The molecule has 63 heavy (non-hydrogen) atoms. The molecule has 23 heteroatoms. The van der Waals surface area contributed by atoms with E-state index in [4.69, 9.17) is 46.4 Å². The number of guanidine groups is 1. The van der Waals surface area contributed by atoms with Crippen LogP contribution in [0.3, 0.4) is 0 Å². The number of amides is 2. The predicted octanol–water partition coefficient (Wildman–Crippen LogP) is 1.42. The fraction of sp³-hybridized carbons (Fsp3) is 0.150. The number of carbonyl (C=O) groups is 8. The largest absolute Gasteiger partial charge is 0.489 e. The third-order valence-electron chi connectivity index (χ3n) is 8.07. The lowest BCUT2D eigenvalue weighted by Gasteiger charge is -2.18. The predicted molar refractivity (Wildman–Crippen MR) is 217 cm³/mol. The Kier molecular flexibility index (Phi) is 16.2. The van der Waals surface area contributed by atoms with Crippen LogP contribution in [0.25, 0.3) is 0 Å². The highest BCUT2D eigenvalue weighted by molar-refractivity contribution is 6.01. The number of nitrogens with two attached hydrogens (primary N) is 3. The molecule has 12 N–H and O–H groups in total. The summed E-state index contributed by atoms with van der Waals surface area (Å²) in [5.41, 5.74) is 16.3. The molecule has 0 bridgehead atoms. The van der Waals surface area contributed by atoms with Crippen molar-refractivity contribution in [2.45, 2.75) is 24.9 Å². The number of hydrogen-bond acceptors (Lipinski definition) is 14. The number of carboxylic acids is 4. The number of rotatable bonds is 21. The van der Waals surface area contributed by atoms with Crippen LogP contribution in [0.5, 0.6) is 23.0 Å². The number of aliphatic imine (C=N–C) groups is 2. The smallest absolute Gasteiger partial charge is 0.343 e. The van der Waals surface area contributed by atoms with E-state index in [1.165, 1.54) is 60.7 Å². The van der Waals surface area contributed by atoms with E-state index in [0.717, 1.165) is 30.6 Å². The standard InChI is InChI=1S/C40H37N7O16/c41-19-44-22-5-1-20(2-6-22)38(58)62-24-9-11-26(34(52)46-28(36(54)55)17-32(48)49)30(15-24)60-13-14-61-31-16-25(63-39(59)21-3-7-23(8-4-21)45-40(42)43)10-12-27(31)35(53)47-29(37(56)57)18-33(50)51/h1-12,15-16,19,28-29H,13-14,17-18H2,(H2,41,44)(H,46,52)(H,47,53)(H,48,49)(H,50,51)(H,54,55)(H,56,57)(H4,42,43,45)/t28-,29-/m1/s1. The highest BCUT2D eigenvalue weighted by Gasteiger charge is 2.27. The van der Waals surface area contributed by atoms with Gasteiger partial charge in [-0.1, -0.05) is 0 Å². The normalized spacial score (nSPS) is 11.6. The van der Waals surface area contributed by atoms with Gasteiger partial charge in [-0.3, -0.25) is 19.2 Å². The van der Waals surface area contributed by atoms with Gasteiger partial charge in [0, 0.05) is 12.1 Å². The van der Waals surface area contributed by atoms with Gasteiger partial charge >= 0.3 is 35.8 Å². The lowest BCUT2D eigenvalue weighted by Crippen LogP contribution is -2.42. The molecule has 4 aromatic rings. The highest BCUT2D eigenvalue weighted by atomic mass is 16.5. The first-order valence-corrected chi connectivity index (χ1v) is 18.0. The third kappa shape index (κ3) is 14.1. The van der Waals surface area contributed by atoms with Crippen LogP contribution in [0.15, 0.2) is 94.9 Å². The number of carbonyl (C=O) groups excluding carboxylic acids is 4. The zero-order valence-electron chi connectivity index (χ0n) is 32.5. The first kappa shape index (κ1) is 46.7. The number of ether oxygens (including phenoxy) is 4. The molecule has 328 valence electrons. The van der Waals surface area contributed by atoms with Crippen LogP contribution in [0.2, 0.25) is 0 Å². The van der Waals surface area contributed by atoms with Gasteiger partial charge in [-0.2, -0.15) is 0 Å². The molecule has 23 nitrogen and oxygen atoms in total. The Morgan fingerprint density at radius 2 is 0.984 bits per heavy atom. The van der Waals surface area contributed by atoms with Crippen molar-refractivity contribution in [1.29, 1.82) is 0 Å². The van der Waals surface area contributed by atoms with Crippen LogP contribution >= 0.6 is 0 Å². The quantitative estimate of drug-likeness (QED) is 0.0188. The Morgan fingerprint density at radius 1 is 0.587 bits per heavy atom. The summed E-state index contributed by atoms with van der Waals surface area (Å²) in [6.45, 7) is -0.969. The summed E-state index contributed by atoms with van der Waals surface area (Å²) in [5.74, 6) is -11.5. The van der Waals surface area contributed by atoms with Crippen LogP contribution in [-0.4, -0.2) is 106 Å². The number of nitrogens with zero attached hydrogens (tertiary/aromatic N) is 2. The molecule has 0 aliphatic carbocycles. The Bertz CT molecular complexity index is 2450. The SMILES string of the molecule is NC=Nc1ccc(C(=O)Oc2ccc(C(=O)N[C@H](CC(=O)O)C(=O)O)c(OCCOc3cc(OC(=O)c4ccc(N=C(N)N)cc4)ccc3C(=O)N[C@H](CC(=O)O)C(=O)O)c2)cc1. The fourth-order valence-corrected chi connectivity index (χ4v) is 5.19. The summed E-state index contributed by atoms with van der Waals surface area (Å²) in [6.07, 6.45) is -0.896. The third-order valence-corrected chi connectivity index (χ3v) is 8.07. The van der Waals surface area contributed by atoms with E-state index in [0.29, 0.717) is 11.4 Å². The van der Waals surface area contributed by atoms with Crippen LogP contribution in [-0.2, 0) is 19.2 Å². The molecule has 0 saturated heterocycles. The molecule has 0 radical (unpaired) electrons. The number of aliphatic carboxylic acids is 4. The van der Waals surface area contributed by atoms with E-state index in [-0.39, 0.29) is 51.2 Å². The molecular formula is C40H37N7O16. The molecule has 0 heterocycles. The van der Waals surface area contributed by atoms with Crippen molar-refractivity contribution in [2.75, 3.05) is 13.2 Å². The van der Waals surface area contributed by atoms with E-state index in [1.807, 2.05) is 0 Å². The Hall–Kier alpha value is -9.02. The van der Waals surface area contributed by atoms with E-state index in [2.05, 4.69) is 20.6 Å². The van der Waals surface area contributed by atoms with Crippen molar-refractivity contribution in [2.24, 2.45) is 27.2 Å². The Balaban J connectivity index is 1.61. The molecule has 2 amide bonds. The van der Waals surface area contributed by atoms with Gasteiger partial charge in [0.05, 0.1) is 52.8 Å². The summed E-state index contributed by atoms with van der Waals surface area (Å²) >= 11 is 0. The van der Waals surface area contributed by atoms with Crippen molar-refractivity contribution in [3.05, 3.63) is 107 Å². The Labute approximate surface area is 354 Å². The van der Waals surface area contributed by atoms with Gasteiger partial charge in [0.1, 0.15) is 48.3 Å². The molecule has 4 rings (SSSR count). The molecule has 0 saturated carbocycles. The van der Waals surface area contributed by atoms with E-state index in [1.54, 1.807) is 0 Å². The average Bonchev–Trinajstić information content (AvgIpc) is 3.22. The molecule has 0 aliphatic heterocycles. The monoisotopic (exact) mass is 871 g/mol. The maximum atomic E-state index is 13.3. The van der Waals surface area contributed by atoms with E-state index < -0.39 is 85.8 Å². The minimum atomic E-state index is -1.86. The number of benzene rings is 4. The number of carboxylic acid groups (broad SMARTS) is 4. The summed E-state index contributed by atoms with van der Waals surface area (Å²) < 4.78 is 22.4. The zero-order chi connectivity index (χ0) is 46.2. The molecular weight excluding hydrogens is 834 g/mol. The zero-order valence-corrected chi connectivity index (χ0v) is 32.5. The first-order chi connectivity index (χ1) is 29.9. The highest BCUT2D eigenvalue weighted by Crippen LogP contribution is 2.29. The lowest BCUT2D eigenvalue weighted by atomic mass is 10.1. The van der Waals surface area contributed by atoms with Gasteiger partial charge in [0.2, 0.25) is 0 Å². The topological polar surface area (TPSA) is 381 Å². The fourth-order valence-electron chi connectivity index (χ4n) is 5.19. The summed E-state index contributed by atoms with van der Waals surface area (Å²) in [7, 11) is 0. The summed E-state index contributed by atoms with van der Waals surface area (Å²) in [6, 6.07) is 14.4. The minimum Gasteiger partial charge on any atom is -0.489 e. The van der Waals surface area contributed by atoms with Gasteiger partial charge in [-0.15, -0.1) is 0 Å².